The zero-order valence-electron chi connectivity index (χ0n) is 17.2. The summed E-state index contributed by atoms with van der Waals surface area (Å²) >= 11 is 0. The van der Waals surface area contributed by atoms with Crippen molar-refractivity contribution in [3.05, 3.63) is 36.8 Å². The smallest absolute Gasteiger partial charge is 0.246 e. The van der Waals surface area contributed by atoms with Crippen molar-refractivity contribution in [1.29, 1.82) is 0 Å². The molecule has 0 saturated carbocycles. The van der Waals surface area contributed by atoms with E-state index in [2.05, 4.69) is 38.8 Å². The number of rotatable bonds is 6. The fourth-order valence-electron chi connectivity index (χ4n) is 3.40. The Hall–Kier alpha value is -2.31. The summed E-state index contributed by atoms with van der Waals surface area (Å²) < 4.78 is 0. The number of carbonyl (C=O) groups is 2. The van der Waals surface area contributed by atoms with Crippen molar-refractivity contribution >= 4 is 24.0 Å². The summed E-state index contributed by atoms with van der Waals surface area (Å²) in [5.74, 6) is 0.882. The lowest BCUT2D eigenvalue weighted by molar-refractivity contribution is -0.128. The quantitative estimate of drug-likeness (QED) is 0.531. The highest BCUT2D eigenvalue weighted by atomic mass is 16.2. The van der Waals surface area contributed by atoms with Gasteiger partial charge in [-0.3, -0.25) is 4.79 Å². The largest absolute Gasteiger partial charge is 0.374 e. The maximum atomic E-state index is 12.8. The minimum Gasteiger partial charge on any atom is -0.374 e. The van der Waals surface area contributed by atoms with E-state index in [0.717, 1.165) is 5.71 Å². The van der Waals surface area contributed by atoms with Crippen LogP contribution in [0, 0.1) is 0 Å². The van der Waals surface area contributed by atoms with E-state index in [4.69, 9.17) is 4.99 Å². The van der Waals surface area contributed by atoms with Gasteiger partial charge < -0.3 is 19.5 Å². The van der Waals surface area contributed by atoms with E-state index in [1.54, 1.807) is 4.90 Å². The van der Waals surface area contributed by atoms with Crippen LogP contribution in [0.3, 0.4) is 0 Å². The Morgan fingerprint density at radius 3 is 2.59 bits per heavy atom. The van der Waals surface area contributed by atoms with E-state index in [1.807, 2.05) is 25.0 Å². The lowest BCUT2D eigenvalue weighted by atomic mass is 9.40. The molecule has 2 heterocycles. The minimum absolute atomic E-state index is 0.0469. The van der Waals surface area contributed by atoms with Crippen LogP contribution in [-0.2, 0) is 9.59 Å². The third-order valence-corrected chi connectivity index (χ3v) is 5.45. The Labute approximate surface area is 163 Å². The summed E-state index contributed by atoms with van der Waals surface area (Å²) in [6.45, 7) is 18.3. The maximum Gasteiger partial charge on any atom is 0.246 e. The van der Waals surface area contributed by atoms with Crippen LogP contribution in [0.4, 0.5) is 0 Å². The van der Waals surface area contributed by atoms with Gasteiger partial charge in [-0.15, -0.1) is 0 Å². The van der Waals surface area contributed by atoms with Crippen LogP contribution < -0.4 is 0 Å². The number of hydrogen-bond acceptors (Lipinski definition) is 5. The van der Waals surface area contributed by atoms with Crippen molar-refractivity contribution in [1.82, 2.24) is 14.7 Å². The molecule has 1 fully saturated rings. The average molecular weight is 370 g/mol. The van der Waals surface area contributed by atoms with E-state index in [-0.39, 0.29) is 30.2 Å². The summed E-state index contributed by atoms with van der Waals surface area (Å²) in [6, 6.07) is 0.108. The summed E-state index contributed by atoms with van der Waals surface area (Å²) in [5.41, 5.74) is 1.60. The number of piperazine rings is 1. The number of carbonyl (C=O) groups excluding carboxylic acids is 2. The summed E-state index contributed by atoms with van der Waals surface area (Å²) in [7, 11) is 1.95. The standard InChI is InChI=1S/C20H31BN4O2/c1-8-19(26)24-9-10-25(15(4)11-24)16(5)22-18-13-23(7)12-17(18)20(27)21(6)14(2)3/h8,12,14-15H,1,5,9-11,13H2,2-4,6-7H3. The molecule has 0 aromatic rings. The lowest BCUT2D eigenvalue weighted by Gasteiger charge is -2.40. The molecule has 7 heteroatoms. The Morgan fingerprint density at radius 2 is 2.04 bits per heavy atom. The Balaban J connectivity index is 2.14. The number of aliphatic imine (C=N–C) groups is 1. The first-order chi connectivity index (χ1) is 12.6. The van der Waals surface area contributed by atoms with Crippen LogP contribution >= 0.6 is 0 Å². The van der Waals surface area contributed by atoms with Crippen molar-refractivity contribution in [3.63, 3.8) is 0 Å². The summed E-state index contributed by atoms with van der Waals surface area (Å²) in [4.78, 5) is 35.3. The molecule has 1 atom stereocenters. The molecular weight excluding hydrogens is 339 g/mol. The van der Waals surface area contributed by atoms with Crippen molar-refractivity contribution in [3.8, 4) is 0 Å². The van der Waals surface area contributed by atoms with Crippen LogP contribution in [0.15, 0.2) is 41.8 Å². The van der Waals surface area contributed by atoms with Gasteiger partial charge in [-0.05, 0) is 13.0 Å². The van der Waals surface area contributed by atoms with Crippen molar-refractivity contribution < 1.29 is 9.59 Å². The van der Waals surface area contributed by atoms with Gasteiger partial charge >= 0.3 is 0 Å². The van der Waals surface area contributed by atoms with E-state index < -0.39 is 0 Å². The van der Waals surface area contributed by atoms with Gasteiger partial charge in [-0.25, -0.2) is 4.99 Å². The molecule has 2 rings (SSSR count). The summed E-state index contributed by atoms with van der Waals surface area (Å²) in [5, 5.41) is 0. The normalized spacial score (nSPS) is 21.6. The molecule has 0 aliphatic carbocycles. The lowest BCUT2D eigenvalue weighted by Crippen LogP contribution is -2.52. The molecule has 1 amide bonds. The van der Waals surface area contributed by atoms with Crippen LogP contribution in [0.2, 0.25) is 12.6 Å². The van der Waals surface area contributed by atoms with Crippen molar-refractivity contribution in [2.24, 2.45) is 4.99 Å². The molecule has 146 valence electrons. The molecule has 27 heavy (non-hydrogen) atoms. The number of amides is 1. The molecule has 0 radical (unpaired) electrons. The SMILES string of the molecule is C=CC(=O)N1CCN(C(=C)N=C2CN(C)C=C2C(=O)B(C)C(C)C)C(C)C1. The van der Waals surface area contributed by atoms with Gasteiger partial charge in [-0.1, -0.05) is 39.6 Å². The van der Waals surface area contributed by atoms with Gasteiger partial charge in [0, 0.05) is 44.5 Å². The minimum atomic E-state index is -0.0476. The first kappa shape index (κ1) is 21.0. The zero-order chi connectivity index (χ0) is 20.3. The fraction of sp³-hybridized carbons (Fsp3) is 0.550. The molecule has 0 N–H and O–H groups in total. The first-order valence-electron chi connectivity index (χ1n) is 9.56. The highest BCUT2D eigenvalue weighted by Gasteiger charge is 2.32. The molecule has 1 saturated heterocycles. The second-order valence-corrected chi connectivity index (χ2v) is 7.86. The fourth-order valence-corrected chi connectivity index (χ4v) is 3.40. The molecule has 2 aliphatic rings. The Bertz CT molecular complexity index is 698. The Kier molecular flexibility index (Phi) is 6.68. The van der Waals surface area contributed by atoms with E-state index in [1.165, 1.54) is 6.08 Å². The van der Waals surface area contributed by atoms with Gasteiger partial charge in [-0.2, -0.15) is 0 Å². The molecule has 0 aromatic carbocycles. The van der Waals surface area contributed by atoms with Crippen LogP contribution in [-0.4, -0.2) is 78.0 Å². The second-order valence-electron chi connectivity index (χ2n) is 7.86. The highest BCUT2D eigenvalue weighted by molar-refractivity contribution is 6.94. The third kappa shape index (κ3) is 4.70. The molecule has 6 nitrogen and oxygen atoms in total. The second kappa shape index (κ2) is 8.59. The maximum absolute atomic E-state index is 12.8. The predicted octanol–water partition coefficient (Wildman–Crippen LogP) is 2.09. The molecule has 0 aromatic heterocycles. The van der Waals surface area contributed by atoms with Crippen LogP contribution in [0.1, 0.15) is 20.8 Å². The zero-order valence-corrected chi connectivity index (χ0v) is 17.2. The molecular formula is C20H31BN4O2. The molecule has 2 aliphatic heterocycles. The van der Waals surface area contributed by atoms with Crippen LogP contribution in [0.5, 0.6) is 0 Å². The average Bonchev–Trinajstić information content (AvgIpc) is 2.99. The molecule has 0 spiro atoms. The van der Waals surface area contributed by atoms with Gasteiger partial charge in [0.1, 0.15) is 11.5 Å². The monoisotopic (exact) mass is 370 g/mol. The topological polar surface area (TPSA) is 56.2 Å². The number of nitrogens with zero attached hydrogens (tertiary/aromatic N) is 4. The van der Waals surface area contributed by atoms with E-state index in [0.29, 0.717) is 37.6 Å². The summed E-state index contributed by atoms with van der Waals surface area (Å²) in [6.07, 6.45) is 3.24. The van der Waals surface area contributed by atoms with Crippen LogP contribution in [0.25, 0.3) is 0 Å². The molecule has 1 unspecified atom stereocenters. The molecule has 0 bridgehead atoms. The van der Waals surface area contributed by atoms with Gasteiger partial charge in [0.25, 0.3) is 0 Å². The highest BCUT2D eigenvalue weighted by Crippen LogP contribution is 2.21. The first-order valence-corrected chi connectivity index (χ1v) is 9.56. The predicted molar refractivity (Wildman–Crippen MR) is 112 cm³/mol. The van der Waals surface area contributed by atoms with Crippen molar-refractivity contribution in [2.75, 3.05) is 33.2 Å². The van der Waals surface area contributed by atoms with E-state index in [9.17, 15) is 9.59 Å². The van der Waals surface area contributed by atoms with Gasteiger partial charge in [0.15, 0.2) is 0 Å². The van der Waals surface area contributed by atoms with E-state index >= 15 is 0 Å². The Morgan fingerprint density at radius 1 is 1.37 bits per heavy atom. The van der Waals surface area contributed by atoms with Crippen molar-refractivity contribution in [2.45, 2.75) is 39.5 Å². The van der Waals surface area contributed by atoms with Gasteiger partial charge in [0.2, 0.25) is 12.6 Å². The van der Waals surface area contributed by atoms with Gasteiger partial charge in [0.05, 0.1) is 12.3 Å². The third-order valence-electron chi connectivity index (χ3n) is 5.45. The number of hydrogen-bond donors (Lipinski definition) is 0.